The van der Waals surface area contributed by atoms with E-state index in [4.69, 9.17) is 10.5 Å². The molecule has 118 valence electrons. The molecule has 1 aliphatic heterocycles. The van der Waals surface area contributed by atoms with Crippen LogP contribution in [0, 0.1) is 0 Å². The highest BCUT2D eigenvalue weighted by Gasteiger charge is 2.24. The second-order valence-electron chi connectivity index (χ2n) is 5.50. The van der Waals surface area contributed by atoms with Crippen molar-refractivity contribution in [1.29, 1.82) is 0 Å². The van der Waals surface area contributed by atoms with E-state index < -0.39 is 10.0 Å². The van der Waals surface area contributed by atoms with Crippen molar-refractivity contribution in [2.75, 3.05) is 38.7 Å². The van der Waals surface area contributed by atoms with Crippen LogP contribution in [0.5, 0.6) is 0 Å². The lowest BCUT2D eigenvalue weighted by molar-refractivity contribution is 0.0276. The minimum Gasteiger partial charge on any atom is -0.373 e. The number of anilines is 1. The van der Waals surface area contributed by atoms with Gasteiger partial charge < -0.3 is 15.4 Å². The number of nitrogens with zero attached hydrogens (tertiary/aromatic N) is 2. The molecule has 0 bridgehead atoms. The molecular weight excluding hydrogens is 290 g/mol. The van der Waals surface area contributed by atoms with Gasteiger partial charge >= 0.3 is 0 Å². The molecule has 0 amide bonds. The molecule has 0 spiro atoms. The quantitative estimate of drug-likeness (QED) is 0.875. The molecule has 1 aromatic rings. The van der Waals surface area contributed by atoms with Crippen molar-refractivity contribution in [2.45, 2.75) is 24.0 Å². The Bertz CT molecular complexity index is 570. The molecule has 1 aromatic carbocycles. The largest absolute Gasteiger partial charge is 0.373 e. The van der Waals surface area contributed by atoms with Crippen molar-refractivity contribution in [3.63, 3.8) is 0 Å². The van der Waals surface area contributed by atoms with Crippen LogP contribution in [0.3, 0.4) is 0 Å². The van der Waals surface area contributed by atoms with Crippen LogP contribution >= 0.6 is 0 Å². The first-order valence-electron chi connectivity index (χ1n) is 6.97. The Hall–Kier alpha value is -1.15. The smallest absolute Gasteiger partial charge is 0.242 e. The molecule has 1 saturated heterocycles. The van der Waals surface area contributed by atoms with Crippen molar-refractivity contribution >= 4 is 15.7 Å². The summed E-state index contributed by atoms with van der Waals surface area (Å²) in [4.78, 5) is 2.47. The number of sulfonamides is 1. The Labute approximate surface area is 126 Å². The summed E-state index contributed by atoms with van der Waals surface area (Å²) in [5.41, 5.74) is 6.87. The lowest BCUT2D eigenvalue weighted by Gasteiger charge is -2.36. The van der Waals surface area contributed by atoms with Gasteiger partial charge in [0.15, 0.2) is 0 Å². The van der Waals surface area contributed by atoms with Gasteiger partial charge in [0, 0.05) is 38.9 Å². The van der Waals surface area contributed by atoms with Gasteiger partial charge in [-0.3, -0.25) is 0 Å². The first-order chi connectivity index (χ1) is 9.82. The predicted molar refractivity (Wildman–Crippen MR) is 82.9 cm³/mol. The number of nitrogens with two attached hydrogens (primary N) is 1. The van der Waals surface area contributed by atoms with Crippen LogP contribution in [0.25, 0.3) is 0 Å². The highest BCUT2D eigenvalue weighted by atomic mass is 32.2. The van der Waals surface area contributed by atoms with E-state index in [9.17, 15) is 8.42 Å². The molecule has 2 atom stereocenters. The molecule has 2 unspecified atom stereocenters. The van der Waals surface area contributed by atoms with E-state index in [1.54, 1.807) is 12.1 Å². The molecule has 7 heteroatoms. The Morgan fingerprint density at radius 1 is 1.33 bits per heavy atom. The molecule has 1 aliphatic rings. The van der Waals surface area contributed by atoms with Gasteiger partial charge in [-0.15, -0.1) is 0 Å². The summed E-state index contributed by atoms with van der Waals surface area (Å²) >= 11 is 0. The second-order valence-corrected chi connectivity index (χ2v) is 7.65. The molecule has 6 nitrogen and oxygen atoms in total. The van der Waals surface area contributed by atoms with Crippen LogP contribution in [-0.2, 0) is 14.8 Å². The normalized spacial score (nSPS) is 21.6. The average molecular weight is 313 g/mol. The second kappa shape index (κ2) is 6.31. The fourth-order valence-electron chi connectivity index (χ4n) is 2.27. The third-order valence-electron chi connectivity index (χ3n) is 3.66. The first-order valence-corrected chi connectivity index (χ1v) is 8.41. The third-order valence-corrected chi connectivity index (χ3v) is 5.49. The van der Waals surface area contributed by atoms with E-state index in [2.05, 4.69) is 4.90 Å². The number of rotatable bonds is 4. The van der Waals surface area contributed by atoms with E-state index in [0.29, 0.717) is 11.5 Å². The maximum atomic E-state index is 12.0. The Morgan fingerprint density at radius 3 is 2.48 bits per heavy atom. The molecular formula is C14H23N3O3S. The first kappa shape index (κ1) is 16.2. The van der Waals surface area contributed by atoms with E-state index in [1.165, 1.54) is 18.4 Å². The van der Waals surface area contributed by atoms with Gasteiger partial charge in [0.2, 0.25) is 10.0 Å². The van der Waals surface area contributed by atoms with Gasteiger partial charge in [-0.2, -0.15) is 0 Å². The summed E-state index contributed by atoms with van der Waals surface area (Å²) in [6, 6.07) is 6.92. The Morgan fingerprint density at radius 2 is 1.95 bits per heavy atom. The SMILES string of the molecule is CC(N)C1CN(c2ccc(S(=O)(=O)N(C)C)cc2)CCO1. The van der Waals surface area contributed by atoms with Gasteiger partial charge in [0.1, 0.15) is 0 Å². The van der Waals surface area contributed by atoms with Crippen LogP contribution in [0.1, 0.15) is 6.92 Å². The standard InChI is InChI=1S/C14H23N3O3S/c1-11(15)14-10-17(8-9-20-14)12-4-6-13(7-5-12)21(18,19)16(2)3/h4-7,11,14H,8-10,15H2,1-3H3. The molecule has 0 radical (unpaired) electrons. The van der Waals surface area contributed by atoms with Crippen LogP contribution < -0.4 is 10.6 Å². The maximum absolute atomic E-state index is 12.0. The molecule has 1 fully saturated rings. The zero-order valence-electron chi connectivity index (χ0n) is 12.7. The molecule has 0 aromatic heterocycles. The molecule has 0 saturated carbocycles. The fourth-order valence-corrected chi connectivity index (χ4v) is 3.17. The fraction of sp³-hybridized carbons (Fsp3) is 0.571. The number of benzene rings is 1. The van der Waals surface area contributed by atoms with E-state index in [1.807, 2.05) is 19.1 Å². The number of hydrogen-bond donors (Lipinski definition) is 1. The summed E-state index contributed by atoms with van der Waals surface area (Å²) in [5.74, 6) is 0. The Kier molecular flexibility index (Phi) is 4.88. The zero-order valence-corrected chi connectivity index (χ0v) is 13.5. The lowest BCUT2D eigenvalue weighted by Crippen LogP contribution is -2.49. The zero-order chi connectivity index (χ0) is 15.6. The van der Waals surface area contributed by atoms with Crippen molar-refractivity contribution in [3.8, 4) is 0 Å². The van der Waals surface area contributed by atoms with Crippen LogP contribution in [0.2, 0.25) is 0 Å². The summed E-state index contributed by atoms with van der Waals surface area (Å²) < 4.78 is 30.9. The van der Waals surface area contributed by atoms with Crippen LogP contribution in [0.4, 0.5) is 5.69 Å². The lowest BCUT2D eigenvalue weighted by atomic mass is 10.1. The molecule has 0 aliphatic carbocycles. The number of ether oxygens (including phenoxy) is 1. The minimum absolute atomic E-state index is 0.00364. The summed E-state index contributed by atoms with van der Waals surface area (Å²) in [6.07, 6.45) is 0.00364. The monoisotopic (exact) mass is 313 g/mol. The summed E-state index contributed by atoms with van der Waals surface area (Å²) in [5, 5.41) is 0. The average Bonchev–Trinajstić information content (AvgIpc) is 2.47. The summed E-state index contributed by atoms with van der Waals surface area (Å²) in [7, 11) is -0.326. The van der Waals surface area contributed by atoms with Crippen LogP contribution in [-0.4, -0.2) is 58.7 Å². The maximum Gasteiger partial charge on any atom is 0.242 e. The van der Waals surface area contributed by atoms with E-state index >= 15 is 0 Å². The predicted octanol–water partition coefficient (Wildman–Crippen LogP) is 0.489. The summed E-state index contributed by atoms with van der Waals surface area (Å²) in [6.45, 7) is 4.06. The highest BCUT2D eigenvalue weighted by molar-refractivity contribution is 7.89. The van der Waals surface area contributed by atoms with Gasteiger partial charge in [-0.1, -0.05) is 0 Å². The van der Waals surface area contributed by atoms with Crippen molar-refractivity contribution in [3.05, 3.63) is 24.3 Å². The number of morpholine rings is 1. The van der Waals surface area contributed by atoms with Gasteiger partial charge in [-0.25, -0.2) is 12.7 Å². The van der Waals surface area contributed by atoms with Crippen molar-refractivity contribution in [2.24, 2.45) is 5.73 Å². The van der Waals surface area contributed by atoms with Crippen molar-refractivity contribution < 1.29 is 13.2 Å². The van der Waals surface area contributed by atoms with Gasteiger partial charge in [0.05, 0.1) is 17.6 Å². The molecule has 2 rings (SSSR count). The molecule has 2 N–H and O–H groups in total. The molecule has 1 heterocycles. The number of hydrogen-bond acceptors (Lipinski definition) is 5. The molecule has 21 heavy (non-hydrogen) atoms. The van der Waals surface area contributed by atoms with E-state index in [-0.39, 0.29) is 12.1 Å². The van der Waals surface area contributed by atoms with Gasteiger partial charge in [0.25, 0.3) is 0 Å². The van der Waals surface area contributed by atoms with Gasteiger partial charge in [-0.05, 0) is 31.2 Å². The topological polar surface area (TPSA) is 75.9 Å². The Balaban J connectivity index is 2.16. The van der Waals surface area contributed by atoms with E-state index in [0.717, 1.165) is 18.8 Å². The van der Waals surface area contributed by atoms with Crippen LogP contribution in [0.15, 0.2) is 29.2 Å². The highest BCUT2D eigenvalue weighted by Crippen LogP contribution is 2.22. The van der Waals surface area contributed by atoms with Crippen molar-refractivity contribution in [1.82, 2.24) is 4.31 Å². The minimum atomic E-state index is -3.38. The third kappa shape index (κ3) is 3.55.